The molecule has 3 nitrogen and oxygen atoms in total. The van der Waals surface area contributed by atoms with Gasteiger partial charge in [0.15, 0.2) is 0 Å². The number of rotatable bonds is 3. The summed E-state index contributed by atoms with van der Waals surface area (Å²) in [7, 11) is 0. The summed E-state index contributed by atoms with van der Waals surface area (Å²) in [5.41, 5.74) is -0.700. The van der Waals surface area contributed by atoms with Crippen LogP contribution >= 0.6 is 0 Å². The lowest BCUT2D eigenvalue weighted by Gasteiger charge is -2.26. The monoisotopic (exact) mass is 274 g/mol. The lowest BCUT2D eigenvalue weighted by molar-refractivity contribution is -0.137. The molecule has 0 radical (unpaired) electrons. The van der Waals surface area contributed by atoms with Gasteiger partial charge in [-0.3, -0.25) is 0 Å². The predicted molar refractivity (Wildman–Crippen MR) is 65.7 cm³/mol. The van der Waals surface area contributed by atoms with Crippen molar-refractivity contribution in [1.82, 2.24) is 4.98 Å². The van der Waals surface area contributed by atoms with Gasteiger partial charge in [0.05, 0.1) is 11.7 Å². The zero-order valence-corrected chi connectivity index (χ0v) is 10.5. The number of anilines is 1. The van der Waals surface area contributed by atoms with Gasteiger partial charge in [0.2, 0.25) is 0 Å². The second kappa shape index (κ2) is 5.77. The van der Waals surface area contributed by atoms with E-state index in [1.54, 1.807) is 0 Å². The molecule has 1 fully saturated rings. The van der Waals surface area contributed by atoms with Crippen molar-refractivity contribution in [3.05, 3.63) is 23.9 Å². The average molecular weight is 274 g/mol. The van der Waals surface area contributed by atoms with Gasteiger partial charge < -0.3 is 10.4 Å². The van der Waals surface area contributed by atoms with Gasteiger partial charge in [-0.15, -0.1) is 0 Å². The van der Waals surface area contributed by atoms with Crippen molar-refractivity contribution in [1.29, 1.82) is 0 Å². The van der Waals surface area contributed by atoms with Crippen LogP contribution in [0.15, 0.2) is 18.3 Å². The smallest absolute Gasteiger partial charge is 0.393 e. The number of halogens is 3. The van der Waals surface area contributed by atoms with Gasteiger partial charge in [-0.05, 0) is 37.3 Å². The van der Waals surface area contributed by atoms with E-state index in [9.17, 15) is 18.3 Å². The minimum absolute atomic E-state index is 0.231. The van der Waals surface area contributed by atoms with E-state index in [1.807, 2.05) is 0 Å². The number of nitrogens with one attached hydrogen (secondary N) is 1. The molecule has 19 heavy (non-hydrogen) atoms. The largest absolute Gasteiger partial charge is 0.416 e. The summed E-state index contributed by atoms with van der Waals surface area (Å²) in [5.74, 6) is 0.523. The van der Waals surface area contributed by atoms with Gasteiger partial charge in [-0.25, -0.2) is 4.98 Å². The molecule has 2 N–H and O–H groups in total. The maximum atomic E-state index is 12.5. The van der Waals surface area contributed by atoms with Crippen molar-refractivity contribution in [3.8, 4) is 0 Å². The van der Waals surface area contributed by atoms with Crippen molar-refractivity contribution in [2.24, 2.45) is 5.92 Å². The zero-order chi connectivity index (χ0) is 13.9. The topological polar surface area (TPSA) is 45.1 Å². The van der Waals surface area contributed by atoms with Crippen LogP contribution in [0.3, 0.4) is 0 Å². The van der Waals surface area contributed by atoms with Crippen molar-refractivity contribution in [3.63, 3.8) is 0 Å². The first-order valence-corrected chi connectivity index (χ1v) is 6.40. The van der Waals surface area contributed by atoms with Gasteiger partial charge in [0, 0.05) is 12.7 Å². The highest BCUT2D eigenvalue weighted by Crippen LogP contribution is 2.30. The Morgan fingerprint density at radius 3 is 2.84 bits per heavy atom. The second-order valence-electron chi connectivity index (χ2n) is 4.99. The van der Waals surface area contributed by atoms with Crippen molar-refractivity contribution in [2.45, 2.75) is 38.0 Å². The van der Waals surface area contributed by atoms with Crippen molar-refractivity contribution in [2.75, 3.05) is 11.9 Å². The van der Waals surface area contributed by atoms with Crippen LogP contribution in [0.2, 0.25) is 0 Å². The van der Waals surface area contributed by atoms with Crippen molar-refractivity contribution >= 4 is 5.82 Å². The van der Waals surface area contributed by atoms with Gasteiger partial charge in [-0.2, -0.15) is 13.2 Å². The number of aliphatic hydroxyl groups excluding tert-OH is 1. The number of aliphatic hydroxyl groups is 1. The molecule has 1 heterocycles. The molecule has 106 valence electrons. The van der Waals surface area contributed by atoms with E-state index in [4.69, 9.17) is 0 Å². The highest BCUT2D eigenvalue weighted by molar-refractivity contribution is 5.38. The molecule has 0 saturated heterocycles. The first kappa shape index (κ1) is 14.1. The van der Waals surface area contributed by atoms with Gasteiger partial charge in [0.1, 0.15) is 5.82 Å². The summed E-state index contributed by atoms with van der Waals surface area (Å²) >= 11 is 0. The molecule has 1 aromatic heterocycles. The van der Waals surface area contributed by atoms with E-state index in [1.165, 1.54) is 0 Å². The number of aromatic nitrogens is 1. The van der Waals surface area contributed by atoms with Crippen LogP contribution in [-0.2, 0) is 6.18 Å². The standard InChI is InChI=1S/C13H17F3N2O/c14-13(15,16)10-4-5-17-12(7-10)18-8-9-2-1-3-11(19)6-9/h4-5,7,9,11,19H,1-3,6,8H2,(H,17,18). The molecule has 0 bridgehead atoms. The van der Waals surface area contributed by atoms with E-state index in [-0.39, 0.29) is 11.9 Å². The van der Waals surface area contributed by atoms with Gasteiger partial charge >= 0.3 is 6.18 Å². The predicted octanol–water partition coefficient (Wildman–Crippen LogP) is 3.06. The molecule has 2 rings (SSSR count). The summed E-state index contributed by atoms with van der Waals surface area (Å²) < 4.78 is 37.6. The molecule has 2 atom stereocenters. The first-order chi connectivity index (χ1) is 8.95. The summed E-state index contributed by atoms with van der Waals surface area (Å²) in [4.78, 5) is 3.88. The Morgan fingerprint density at radius 2 is 2.16 bits per heavy atom. The van der Waals surface area contributed by atoms with Crippen LogP contribution < -0.4 is 5.32 Å². The molecular weight excluding hydrogens is 257 g/mol. The maximum Gasteiger partial charge on any atom is 0.416 e. The van der Waals surface area contributed by atoms with Crippen molar-refractivity contribution < 1.29 is 18.3 Å². The van der Waals surface area contributed by atoms with Crippen LogP contribution in [0.5, 0.6) is 0 Å². The third-order valence-electron chi connectivity index (χ3n) is 3.41. The zero-order valence-electron chi connectivity index (χ0n) is 10.5. The summed E-state index contributed by atoms with van der Waals surface area (Å²) in [6.07, 6.45) is -0.00650. The van der Waals surface area contributed by atoms with Crippen LogP contribution in [0.4, 0.5) is 19.0 Å². The van der Waals surface area contributed by atoms with E-state index in [0.29, 0.717) is 18.9 Å². The van der Waals surface area contributed by atoms with E-state index < -0.39 is 11.7 Å². The molecule has 6 heteroatoms. The SMILES string of the molecule is OC1CCCC(CNc2cc(C(F)(F)F)ccn2)C1. The fourth-order valence-corrected chi connectivity index (χ4v) is 2.40. The van der Waals surface area contributed by atoms with Gasteiger partial charge in [-0.1, -0.05) is 6.42 Å². The Hall–Kier alpha value is -1.30. The highest BCUT2D eigenvalue weighted by Gasteiger charge is 2.30. The Kier molecular flexibility index (Phi) is 4.29. The third kappa shape index (κ3) is 4.09. The highest BCUT2D eigenvalue weighted by atomic mass is 19.4. The Balaban J connectivity index is 1.92. The third-order valence-corrected chi connectivity index (χ3v) is 3.41. The summed E-state index contributed by atoms with van der Waals surface area (Å²) in [6, 6.07) is 1.97. The second-order valence-corrected chi connectivity index (χ2v) is 4.99. The lowest BCUT2D eigenvalue weighted by atomic mass is 9.87. The number of alkyl halides is 3. The number of hydrogen-bond donors (Lipinski definition) is 2. The van der Waals surface area contributed by atoms with Crippen LogP contribution in [0.25, 0.3) is 0 Å². The van der Waals surface area contributed by atoms with Crippen LogP contribution in [0, 0.1) is 5.92 Å². The Bertz CT molecular complexity index is 423. The Morgan fingerprint density at radius 1 is 1.37 bits per heavy atom. The first-order valence-electron chi connectivity index (χ1n) is 6.40. The number of nitrogens with zero attached hydrogens (tertiary/aromatic N) is 1. The molecule has 0 aliphatic heterocycles. The number of hydrogen-bond acceptors (Lipinski definition) is 3. The minimum atomic E-state index is -4.35. The summed E-state index contributed by atoms with van der Waals surface area (Å²) in [6.45, 7) is 0.547. The molecular formula is C13H17F3N2O. The molecule has 2 unspecified atom stereocenters. The minimum Gasteiger partial charge on any atom is -0.393 e. The molecule has 0 aromatic carbocycles. The van der Waals surface area contributed by atoms with Crippen LogP contribution in [0.1, 0.15) is 31.2 Å². The average Bonchev–Trinajstić information content (AvgIpc) is 2.36. The molecule has 0 spiro atoms. The fourth-order valence-electron chi connectivity index (χ4n) is 2.40. The van der Waals surface area contributed by atoms with E-state index >= 15 is 0 Å². The molecule has 1 aromatic rings. The van der Waals surface area contributed by atoms with E-state index in [0.717, 1.165) is 37.6 Å². The molecule has 1 aliphatic carbocycles. The fraction of sp³-hybridized carbons (Fsp3) is 0.615. The normalized spacial score (nSPS) is 24.2. The van der Waals surface area contributed by atoms with Gasteiger partial charge in [0.25, 0.3) is 0 Å². The quantitative estimate of drug-likeness (QED) is 0.890. The molecule has 1 aliphatic rings. The Labute approximate surface area is 109 Å². The van der Waals surface area contributed by atoms with Crippen LogP contribution in [-0.4, -0.2) is 22.7 Å². The molecule has 0 amide bonds. The maximum absolute atomic E-state index is 12.5. The summed E-state index contributed by atoms with van der Waals surface area (Å²) in [5, 5.41) is 12.5. The number of pyridine rings is 1. The molecule has 1 saturated carbocycles. The lowest BCUT2D eigenvalue weighted by Crippen LogP contribution is -2.25. The van der Waals surface area contributed by atoms with E-state index in [2.05, 4.69) is 10.3 Å².